The van der Waals surface area contributed by atoms with Crippen molar-refractivity contribution in [1.82, 2.24) is 5.32 Å². The maximum absolute atomic E-state index is 5.49. The minimum atomic E-state index is 0.424. The van der Waals surface area contributed by atoms with Gasteiger partial charge in [0.15, 0.2) is 0 Å². The predicted octanol–water partition coefficient (Wildman–Crippen LogP) is 3.64. The number of benzene rings is 1. The molecule has 18 heavy (non-hydrogen) atoms. The molecule has 0 aliphatic heterocycles. The van der Waals surface area contributed by atoms with Crippen molar-refractivity contribution < 1.29 is 4.74 Å². The van der Waals surface area contributed by atoms with Crippen LogP contribution >= 0.6 is 0 Å². The van der Waals surface area contributed by atoms with Crippen molar-refractivity contribution in [1.29, 1.82) is 0 Å². The Balaban J connectivity index is 2.08. The number of rotatable bonds is 7. The average Bonchev–Trinajstić information content (AvgIpc) is 2.34. The standard InChI is InChI=1S/C16H25NO/c1-3-18-12-11-16(17-2)15-10-5-4-9-14(15)13-7-6-8-13/h4-5,9-10,13,16-17H,3,6-8,11-12H2,1-2H3. The number of ether oxygens (including phenoxy) is 1. The lowest BCUT2D eigenvalue weighted by Gasteiger charge is -2.30. The Hall–Kier alpha value is -0.860. The minimum absolute atomic E-state index is 0.424. The van der Waals surface area contributed by atoms with Crippen molar-refractivity contribution in [3.63, 3.8) is 0 Å². The lowest BCUT2D eigenvalue weighted by Crippen LogP contribution is -2.22. The molecule has 100 valence electrons. The largest absolute Gasteiger partial charge is 0.382 e. The van der Waals surface area contributed by atoms with Crippen molar-refractivity contribution in [2.45, 2.75) is 44.6 Å². The van der Waals surface area contributed by atoms with Gasteiger partial charge in [0.25, 0.3) is 0 Å². The van der Waals surface area contributed by atoms with E-state index in [4.69, 9.17) is 4.74 Å². The Bertz CT molecular complexity index is 360. The zero-order valence-corrected chi connectivity index (χ0v) is 11.6. The van der Waals surface area contributed by atoms with Gasteiger partial charge in [-0.3, -0.25) is 0 Å². The number of nitrogens with one attached hydrogen (secondary N) is 1. The van der Waals surface area contributed by atoms with Crippen LogP contribution in [0.15, 0.2) is 24.3 Å². The summed E-state index contributed by atoms with van der Waals surface area (Å²) in [5, 5.41) is 3.44. The van der Waals surface area contributed by atoms with Crippen LogP contribution in [-0.2, 0) is 4.74 Å². The van der Waals surface area contributed by atoms with Gasteiger partial charge in [0.1, 0.15) is 0 Å². The SMILES string of the molecule is CCOCCC(NC)c1ccccc1C1CCC1. The Kier molecular flexibility index (Phi) is 5.21. The van der Waals surface area contributed by atoms with E-state index in [1.54, 1.807) is 5.56 Å². The van der Waals surface area contributed by atoms with Crippen LogP contribution in [0.2, 0.25) is 0 Å². The summed E-state index contributed by atoms with van der Waals surface area (Å²) in [6.45, 7) is 3.69. The van der Waals surface area contributed by atoms with E-state index in [2.05, 4.69) is 36.5 Å². The molecule has 1 unspecified atom stereocenters. The fourth-order valence-electron chi connectivity index (χ4n) is 2.72. The Labute approximate surface area is 111 Å². The minimum Gasteiger partial charge on any atom is -0.382 e. The van der Waals surface area contributed by atoms with Gasteiger partial charge in [-0.05, 0) is 50.3 Å². The van der Waals surface area contributed by atoms with Crippen molar-refractivity contribution in [3.05, 3.63) is 35.4 Å². The highest BCUT2D eigenvalue weighted by Crippen LogP contribution is 2.39. The first kappa shape index (κ1) is 13.6. The van der Waals surface area contributed by atoms with Gasteiger partial charge >= 0.3 is 0 Å². The molecule has 1 atom stereocenters. The van der Waals surface area contributed by atoms with E-state index < -0.39 is 0 Å². The summed E-state index contributed by atoms with van der Waals surface area (Å²) in [6, 6.07) is 9.34. The van der Waals surface area contributed by atoms with E-state index in [0.29, 0.717) is 6.04 Å². The highest BCUT2D eigenvalue weighted by molar-refractivity contribution is 5.34. The summed E-state index contributed by atoms with van der Waals surface area (Å²) in [6.07, 6.45) is 5.16. The van der Waals surface area contributed by atoms with E-state index >= 15 is 0 Å². The van der Waals surface area contributed by atoms with Gasteiger partial charge in [-0.15, -0.1) is 0 Å². The first-order valence-corrected chi connectivity index (χ1v) is 7.20. The molecule has 0 aromatic heterocycles. The van der Waals surface area contributed by atoms with Crippen LogP contribution in [0.3, 0.4) is 0 Å². The van der Waals surface area contributed by atoms with Gasteiger partial charge in [-0.25, -0.2) is 0 Å². The summed E-state index contributed by atoms with van der Waals surface area (Å²) in [4.78, 5) is 0. The first-order chi connectivity index (χ1) is 8.86. The molecule has 0 amide bonds. The molecule has 0 saturated heterocycles. The Morgan fingerprint density at radius 1 is 1.33 bits per heavy atom. The quantitative estimate of drug-likeness (QED) is 0.743. The van der Waals surface area contributed by atoms with Crippen LogP contribution in [0.25, 0.3) is 0 Å². The third-order valence-corrected chi connectivity index (χ3v) is 4.02. The molecule has 1 aliphatic carbocycles. The normalized spacial score (nSPS) is 17.4. The summed E-state index contributed by atoms with van der Waals surface area (Å²) in [7, 11) is 2.05. The van der Waals surface area contributed by atoms with Crippen LogP contribution in [-0.4, -0.2) is 20.3 Å². The number of hydrogen-bond acceptors (Lipinski definition) is 2. The van der Waals surface area contributed by atoms with Gasteiger partial charge in [0.2, 0.25) is 0 Å². The zero-order chi connectivity index (χ0) is 12.8. The summed E-state index contributed by atoms with van der Waals surface area (Å²) < 4.78 is 5.49. The maximum Gasteiger partial charge on any atom is 0.0484 e. The Morgan fingerprint density at radius 2 is 2.11 bits per heavy atom. The first-order valence-electron chi connectivity index (χ1n) is 7.20. The fraction of sp³-hybridized carbons (Fsp3) is 0.625. The van der Waals surface area contributed by atoms with Crippen molar-refractivity contribution in [2.75, 3.05) is 20.3 Å². The summed E-state index contributed by atoms with van der Waals surface area (Å²) >= 11 is 0. The molecule has 0 radical (unpaired) electrons. The zero-order valence-electron chi connectivity index (χ0n) is 11.6. The molecule has 1 saturated carbocycles. The van der Waals surface area contributed by atoms with E-state index in [-0.39, 0.29) is 0 Å². The highest BCUT2D eigenvalue weighted by Gasteiger charge is 2.24. The molecule has 0 heterocycles. The van der Waals surface area contributed by atoms with E-state index in [9.17, 15) is 0 Å². The second-order valence-electron chi connectivity index (χ2n) is 5.08. The van der Waals surface area contributed by atoms with Gasteiger partial charge in [0.05, 0.1) is 0 Å². The molecule has 1 aliphatic rings. The molecule has 1 aromatic carbocycles. The molecule has 1 fully saturated rings. The molecule has 2 heteroatoms. The van der Waals surface area contributed by atoms with Crippen molar-refractivity contribution in [3.8, 4) is 0 Å². The van der Waals surface area contributed by atoms with Gasteiger partial charge in [-0.1, -0.05) is 30.7 Å². The van der Waals surface area contributed by atoms with E-state index in [1.807, 2.05) is 7.05 Å². The number of hydrogen-bond donors (Lipinski definition) is 1. The maximum atomic E-state index is 5.49. The molecule has 0 bridgehead atoms. The smallest absolute Gasteiger partial charge is 0.0484 e. The topological polar surface area (TPSA) is 21.3 Å². The van der Waals surface area contributed by atoms with Crippen LogP contribution in [0.1, 0.15) is 55.7 Å². The summed E-state index contributed by atoms with van der Waals surface area (Å²) in [5.41, 5.74) is 3.03. The molecule has 2 rings (SSSR count). The molecule has 1 N–H and O–H groups in total. The lowest BCUT2D eigenvalue weighted by molar-refractivity contribution is 0.137. The highest BCUT2D eigenvalue weighted by atomic mass is 16.5. The third-order valence-electron chi connectivity index (χ3n) is 4.02. The second kappa shape index (κ2) is 6.91. The molecular formula is C16H25NO. The average molecular weight is 247 g/mol. The van der Waals surface area contributed by atoms with E-state index in [0.717, 1.165) is 25.6 Å². The predicted molar refractivity (Wildman–Crippen MR) is 75.9 cm³/mol. The van der Waals surface area contributed by atoms with E-state index in [1.165, 1.54) is 24.8 Å². The third kappa shape index (κ3) is 3.12. The van der Waals surface area contributed by atoms with Crippen molar-refractivity contribution in [2.24, 2.45) is 0 Å². The lowest BCUT2D eigenvalue weighted by atomic mass is 9.77. The van der Waals surface area contributed by atoms with Gasteiger partial charge in [0, 0.05) is 19.3 Å². The van der Waals surface area contributed by atoms with Crippen molar-refractivity contribution >= 4 is 0 Å². The van der Waals surface area contributed by atoms with Gasteiger partial charge in [-0.2, -0.15) is 0 Å². The van der Waals surface area contributed by atoms with Crippen LogP contribution in [0.4, 0.5) is 0 Å². The molecule has 0 spiro atoms. The second-order valence-corrected chi connectivity index (χ2v) is 5.08. The van der Waals surface area contributed by atoms with Crippen LogP contribution < -0.4 is 5.32 Å². The van der Waals surface area contributed by atoms with Crippen LogP contribution in [0, 0.1) is 0 Å². The summed E-state index contributed by atoms with van der Waals surface area (Å²) in [5.74, 6) is 0.796. The monoisotopic (exact) mass is 247 g/mol. The van der Waals surface area contributed by atoms with Crippen LogP contribution in [0.5, 0.6) is 0 Å². The fourth-order valence-corrected chi connectivity index (χ4v) is 2.72. The van der Waals surface area contributed by atoms with Gasteiger partial charge < -0.3 is 10.1 Å². The molecule has 1 aromatic rings. The molecule has 2 nitrogen and oxygen atoms in total. The Morgan fingerprint density at radius 3 is 2.72 bits per heavy atom. The molecular weight excluding hydrogens is 222 g/mol.